The molecule has 1 aliphatic carbocycles. The van der Waals surface area contributed by atoms with Gasteiger partial charge in [0.2, 0.25) is 0 Å². The largest absolute Gasteiger partial charge is 0.367 e. The molecule has 1 aromatic heterocycles. The minimum absolute atomic E-state index is 0.729. The van der Waals surface area contributed by atoms with Gasteiger partial charge in [0.25, 0.3) is 0 Å². The highest BCUT2D eigenvalue weighted by molar-refractivity contribution is 7.07. The highest BCUT2D eigenvalue weighted by Crippen LogP contribution is 2.23. The molecule has 0 bridgehead atoms. The van der Waals surface area contributed by atoms with Crippen LogP contribution in [0.15, 0.2) is 10.9 Å². The number of rotatable bonds is 2. The summed E-state index contributed by atoms with van der Waals surface area (Å²) in [5.41, 5.74) is 1.85. The van der Waals surface area contributed by atoms with E-state index in [0.29, 0.717) is 0 Å². The van der Waals surface area contributed by atoms with Gasteiger partial charge in [-0.05, 0) is 12.8 Å². The lowest BCUT2D eigenvalue weighted by atomic mass is 10.6. The highest BCUT2D eigenvalue weighted by Gasteiger charge is 2.20. The quantitative estimate of drug-likeness (QED) is 0.676. The van der Waals surface area contributed by atoms with Crippen molar-refractivity contribution in [2.75, 3.05) is 5.32 Å². The topological polar surface area (TPSA) is 24.9 Å². The van der Waals surface area contributed by atoms with Gasteiger partial charge in [-0.1, -0.05) is 0 Å². The van der Waals surface area contributed by atoms with E-state index >= 15 is 0 Å². The van der Waals surface area contributed by atoms with Gasteiger partial charge in [-0.3, -0.25) is 0 Å². The highest BCUT2D eigenvalue weighted by atomic mass is 32.1. The van der Waals surface area contributed by atoms with Crippen LogP contribution in [0.25, 0.3) is 0 Å². The summed E-state index contributed by atoms with van der Waals surface area (Å²) in [4.78, 5) is 4.10. The Labute approximate surface area is 57.9 Å². The molecule has 2 rings (SSSR count). The molecule has 1 aromatic rings. The number of anilines is 1. The summed E-state index contributed by atoms with van der Waals surface area (Å²) in [7, 11) is 0. The first-order valence-corrected chi connectivity index (χ1v) is 4.04. The van der Waals surface area contributed by atoms with Gasteiger partial charge >= 0.3 is 0 Å². The van der Waals surface area contributed by atoms with Crippen molar-refractivity contribution in [3.63, 3.8) is 0 Å². The third kappa shape index (κ3) is 1.21. The number of hydrogen-bond donors (Lipinski definition) is 1. The lowest BCUT2D eigenvalue weighted by molar-refractivity contribution is 1.13. The second-order valence-electron chi connectivity index (χ2n) is 2.29. The summed E-state index contributed by atoms with van der Waals surface area (Å²) < 4.78 is 0. The molecule has 1 aliphatic rings. The van der Waals surface area contributed by atoms with E-state index in [1.165, 1.54) is 12.8 Å². The number of nitrogens with zero attached hydrogens (tertiary/aromatic N) is 1. The smallest absolute Gasteiger partial charge is 0.137 e. The van der Waals surface area contributed by atoms with Crippen LogP contribution in [0.3, 0.4) is 0 Å². The second-order valence-corrected chi connectivity index (χ2v) is 3.01. The molecule has 0 aliphatic heterocycles. The molecule has 0 saturated heterocycles. The van der Waals surface area contributed by atoms with Crippen LogP contribution < -0.4 is 5.32 Å². The Morgan fingerprint density at radius 2 is 2.56 bits per heavy atom. The van der Waals surface area contributed by atoms with Crippen LogP contribution in [0.2, 0.25) is 0 Å². The molecular weight excluding hydrogens is 132 g/mol. The van der Waals surface area contributed by atoms with Crippen LogP contribution in [-0.2, 0) is 0 Å². The molecule has 0 aromatic carbocycles. The first-order valence-electron chi connectivity index (χ1n) is 3.10. The summed E-state index contributed by atoms with van der Waals surface area (Å²) in [6.07, 6.45) is 2.63. The summed E-state index contributed by atoms with van der Waals surface area (Å²) in [5.74, 6) is 1.04. The molecule has 1 fully saturated rings. The van der Waals surface area contributed by atoms with Crippen molar-refractivity contribution < 1.29 is 0 Å². The predicted molar refractivity (Wildman–Crippen MR) is 38.8 cm³/mol. The molecule has 2 nitrogen and oxygen atoms in total. The molecule has 1 heterocycles. The summed E-state index contributed by atoms with van der Waals surface area (Å²) >= 11 is 1.64. The molecule has 0 unspecified atom stereocenters. The monoisotopic (exact) mass is 140 g/mol. The molecule has 0 radical (unpaired) electrons. The summed E-state index contributed by atoms with van der Waals surface area (Å²) in [5, 5.41) is 5.34. The van der Waals surface area contributed by atoms with Gasteiger partial charge in [-0.15, -0.1) is 11.3 Å². The van der Waals surface area contributed by atoms with E-state index in [1.54, 1.807) is 11.3 Å². The Bertz CT molecular complexity index is 179. The first kappa shape index (κ1) is 5.23. The van der Waals surface area contributed by atoms with Crippen LogP contribution >= 0.6 is 11.3 Å². The van der Waals surface area contributed by atoms with Crippen LogP contribution in [0.4, 0.5) is 5.82 Å². The predicted octanol–water partition coefficient (Wildman–Crippen LogP) is 1.72. The number of nitrogens with one attached hydrogen (secondary N) is 1. The lowest BCUT2D eigenvalue weighted by Crippen LogP contribution is -1.99. The van der Waals surface area contributed by atoms with E-state index in [4.69, 9.17) is 0 Å². The maximum atomic E-state index is 4.10. The lowest BCUT2D eigenvalue weighted by Gasteiger charge is -1.94. The van der Waals surface area contributed by atoms with Gasteiger partial charge in [-0.2, -0.15) is 0 Å². The summed E-state index contributed by atoms with van der Waals surface area (Å²) in [6.45, 7) is 0. The average Bonchev–Trinajstić information content (AvgIpc) is 2.46. The van der Waals surface area contributed by atoms with Crippen molar-refractivity contribution in [1.82, 2.24) is 4.98 Å². The van der Waals surface area contributed by atoms with Gasteiger partial charge < -0.3 is 5.32 Å². The third-order valence-electron chi connectivity index (χ3n) is 1.36. The van der Waals surface area contributed by atoms with E-state index in [-0.39, 0.29) is 0 Å². The Morgan fingerprint density at radius 1 is 1.67 bits per heavy atom. The molecule has 3 heteroatoms. The van der Waals surface area contributed by atoms with Crippen LogP contribution in [-0.4, -0.2) is 11.0 Å². The van der Waals surface area contributed by atoms with E-state index in [0.717, 1.165) is 11.9 Å². The zero-order valence-electron chi connectivity index (χ0n) is 5.00. The molecule has 48 valence electrons. The normalized spacial score (nSPS) is 17.8. The maximum Gasteiger partial charge on any atom is 0.137 e. The Morgan fingerprint density at radius 3 is 3.11 bits per heavy atom. The van der Waals surface area contributed by atoms with Crippen molar-refractivity contribution in [2.45, 2.75) is 18.9 Å². The van der Waals surface area contributed by atoms with E-state index in [2.05, 4.69) is 10.3 Å². The fourth-order valence-electron chi connectivity index (χ4n) is 0.721. The fraction of sp³-hybridized carbons (Fsp3) is 0.500. The molecule has 0 amide bonds. The third-order valence-corrected chi connectivity index (χ3v) is 1.95. The molecule has 1 saturated carbocycles. The second kappa shape index (κ2) is 1.99. The molecule has 0 spiro atoms. The molecule has 9 heavy (non-hydrogen) atoms. The fourth-order valence-corrected chi connectivity index (χ4v) is 1.21. The standard InChI is InChI=1S/C6H8N2S/c1-2-5(1)8-6-3-9-4-7-6/h3-5,8H,1-2H2. The molecule has 1 N–H and O–H groups in total. The minimum atomic E-state index is 0.729. The number of hydrogen-bond acceptors (Lipinski definition) is 3. The van der Waals surface area contributed by atoms with Crippen LogP contribution in [0.5, 0.6) is 0 Å². The molecular formula is C6H8N2S. The van der Waals surface area contributed by atoms with Gasteiger partial charge in [0.1, 0.15) is 5.82 Å². The molecule has 0 atom stereocenters. The van der Waals surface area contributed by atoms with Crippen molar-refractivity contribution in [3.8, 4) is 0 Å². The van der Waals surface area contributed by atoms with E-state index < -0.39 is 0 Å². The number of aromatic nitrogens is 1. The van der Waals surface area contributed by atoms with Crippen molar-refractivity contribution in [2.24, 2.45) is 0 Å². The Hall–Kier alpha value is -0.570. The average molecular weight is 140 g/mol. The van der Waals surface area contributed by atoms with Gasteiger partial charge in [0.05, 0.1) is 5.51 Å². The van der Waals surface area contributed by atoms with Crippen LogP contribution in [0.1, 0.15) is 12.8 Å². The van der Waals surface area contributed by atoms with Gasteiger partial charge in [0.15, 0.2) is 0 Å². The van der Waals surface area contributed by atoms with E-state index in [9.17, 15) is 0 Å². The summed E-state index contributed by atoms with van der Waals surface area (Å²) in [6, 6.07) is 0.729. The van der Waals surface area contributed by atoms with E-state index in [1.807, 2.05) is 10.9 Å². The van der Waals surface area contributed by atoms with Gasteiger partial charge in [0, 0.05) is 11.4 Å². The SMILES string of the molecule is c1nc(NC2CC2)cs1. The number of thiazole rings is 1. The first-order chi connectivity index (χ1) is 4.45. The van der Waals surface area contributed by atoms with Crippen molar-refractivity contribution in [3.05, 3.63) is 10.9 Å². The zero-order valence-corrected chi connectivity index (χ0v) is 5.82. The van der Waals surface area contributed by atoms with Crippen LogP contribution in [0, 0.1) is 0 Å². The Kier molecular flexibility index (Phi) is 1.16. The van der Waals surface area contributed by atoms with Gasteiger partial charge in [-0.25, -0.2) is 4.98 Å². The van der Waals surface area contributed by atoms with Crippen molar-refractivity contribution in [1.29, 1.82) is 0 Å². The Balaban J connectivity index is 1.99. The zero-order chi connectivity index (χ0) is 6.10. The minimum Gasteiger partial charge on any atom is -0.367 e. The van der Waals surface area contributed by atoms with Crippen molar-refractivity contribution >= 4 is 17.2 Å². The maximum absolute atomic E-state index is 4.10.